The van der Waals surface area contributed by atoms with Crippen LogP contribution in [0.15, 0.2) is 0 Å². The van der Waals surface area contributed by atoms with Crippen LogP contribution in [-0.4, -0.2) is 57.4 Å². The van der Waals surface area contributed by atoms with Gasteiger partial charge in [-0.2, -0.15) is 17.7 Å². The summed E-state index contributed by atoms with van der Waals surface area (Å²) in [4.78, 5) is 4.27. The Hall–Kier alpha value is -1.90. The highest BCUT2D eigenvalue weighted by molar-refractivity contribution is 5.59. The van der Waals surface area contributed by atoms with Crippen LogP contribution in [0.5, 0.6) is 0 Å². The Balaban J connectivity index is 2.01. The number of hydrogen-bond donors (Lipinski definition) is 0. The second-order valence-electron chi connectivity index (χ2n) is 7.21. The molecule has 138 valence electrons. The van der Waals surface area contributed by atoms with Crippen molar-refractivity contribution < 1.29 is 13.2 Å². The summed E-state index contributed by atoms with van der Waals surface area (Å²) in [6, 6.07) is 0. The molecule has 0 atom stereocenters. The van der Waals surface area contributed by atoms with Crippen molar-refractivity contribution >= 4 is 11.5 Å². The van der Waals surface area contributed by atoms with Crippen molar-refractivity contribution in [2.75, 3.05) is 32.1 Å². The van der Waals surface area contributed by atoms with Gasteiger partial charge in [0.2, 0.25) is 0 Å². The Morgan fingerprint density at radius 1 is 1.04 bits per heavy atom. The number of alkyl halides is 3. The zero-order valence-electron chi connectivity index (χ0n) is 15.1. The molecule has 6 nitrogen and oxygen atoms in total. The van der Waals surface area contributed by atoms with Crippen LogP contribution in [0.1, 0.15) is 36.7 Å². The molecule has 0 bridgehead atoms. The zero-order valence-corrected chi connectivity index (χ0v) is 15.1. The fourth-order valence-corrected chi connectivity index (χ4v) is 3.24. The average Bonchev–Trinajstić information content (AvgIpc) is 2.96. The van der Waals surface area contributed by atoms with Crippen LogP contribution in [0.4, 0.5) is 19.0 Å². The van der Waals surface area contributed by atoms with E-state index in [1.165, 1.54) is 0 Å². The van der Waals surface area contributed by atoms with Crippen LogP contribution in [-0.2, 0) is 6.18 Å². The fraction of sp³-hybridized carbons (Fsp3) is 0.688. The van der Waals surface area contributed by atoms with Crippen LogP contribution in [0.2, 0.25) is 0 Å². The number of rotatable bonds is 2. The molecule has 1 aliphatic rings. The van der Waals surface area contributed by atoms with E-state index in [1.54, 1.807) is 6.92 Å². The summed E-state index contributed by atoms with van der Waals surface area (Å²) in [5.41, 5.74) is 1.77. The molecule has 0 saturated carbocycles. The highest BCUT2D eigenvalue weighted by Crippen LogP contribution is 2.33. The number of halogens is 3. The van der Waals surface area contributed by atoms with Crippen molar-refractivity contribution in [3.8, 4) is 0 Å². The topological polar surface area (TPSA) is 49.6 Å². The number of piperidine rings is 1. The molecule has 1 saturated heterocycles. The molecular formula is C16H23F3N6. The summed E-state index contributed by atoms with van der Waals surface area (Å²) in [5.74, 6) is -0.502. The Bertz CT molecular complexity index is 787. The lowest BCUT2D eigenvalue weighted by molar-refractivity contribution is -0.146. The van der Waals surface area contributed by atoms with Crippen molar-refractivity contribution in [1.29, 1.82) is 0 Å². The van der Waals surface area contributed by atoms with E-state index in [0.717, 1.165) is 36.0 Å². The lowest BCUT2D eigenvalue weighted by Crippen LogP contribution is -2.51. The van der Waals surface area contributed by atoms with Gasteiger partial charge in [-0.05, 0) is 47.7 Å². The minimum Gasteiger partial charge on any atom is -0.355 e. The molecular weight excluding hydrogens is 333 g/mol. The maximum atomic E-state index is 13.2. The van der Waals surface area contributed by atoms with Gasteiger partial charge in [0.05, 0.1) is 0 Å². The summed E-state index contributed by atoms with van der Waals surface area (Å²) in [7, 11) is 4.12. The van der Waals surface area contributed by atoms with E-state index in [4.69, 9.17) is 0 Å². The third-order valence-electron chi connectivity index (χ3n) is 5.54. The Kier molecular flexibility index (Phi) is 4.17. The second kappa shape index (κ2) is 5.82. The predicted octanol–water partition coefficient (Wildman–Crippen LogP) is 2.68. The van der Waals surface area contributed by atoms with Crippen molar-refractivity contribution in [2.45, 2.75) is 45.3 Å². The van der Waals surface area contributed by atoms with Crippen LogP contribution in [0.25, 0.3) is 5.65 Å². The zero-order chi connectivity index (χ0) is 18.6. The third kappa shape index (κ3) is 2.94. The monoisotopic (exact) mass is 356 g/mol. The first-order valence-corrected chi connectivity index (χ1v) is 8.27. The Morgan fingerprint density at radius 2 is 1.64 bits per heavy atom. The minimum absolute atomic E-state index is 0.0945. The predicted molar refractivity (Wildman–Crippen MR) is 88.8 cm³/mol. The number of anilines is 1. The highest BCUT2D eigenvalue weighted by atomic mass is 19.4. The minimum atomic E-state index is -4.59. The Morgan fingerprint density at radius 3 is 2.16 bits per heavy atom. The largest absolute Gasteiger partial charge is 0.453 e. The molecule has 0 aromatic carbocycles. The van der Waals surface area contributed by atoms with Gasteiger partial charge in [0.15, 0.2) is 11.5 Å². The highest BCUT2D eigenvalue weighted by Gasteiger charge is 2.39. The van der Waals surface area contributed by atoms with Gasteiger partial charge in [0.25, 0.3) is 5.82 Å². The van der Waals surface area contributed by atoms with Crippen LogP contribution in [0.3, 0.4) is 0 Å². The number of fused-ring (bicyclic) bond motifs is 1. The first kappa shape index (κ1) is 17.9. The number of nitrogens with zero attached hydrogens (tertiary/aromatic N) is 6. The molecule has 2 aromatic heterocycles. The van der Waals surface area contributed by atoms with Gasteiger partial charge in [-0.1, -0.05) is 0 Å². The smallest absolute Gasteiger partial charge is 0.355 e. The van der Waals surface area contributed by atoms with Gasteiger partial charge in [-0.15, -0.1) is 15.3 Å². The molecule has 25 heavy (non-hydrogen) atoms. The van der Waals surface area contributed by atoms with Crippen molar-refractivity contribution in [3.63, 3.8) is 0 Å². The van der Waals surface area contributed by atoms with Gasteiger partial charge in [0.1, 0.15) is 0 Å². The first-order valence-electron chi connectivity index (χ1n) is 8.27. The molecule has 9 heteroatoms. The summed E-state index contributed by atoms with van der Waals surface area (Å²) in [6.45, 7) is 7.34. The lowest BCUT2D eigenvalue weighted by atomic mass is 9.88. The fourth-order valence-electron chi connectivity index (χ4n) is 3.24. The summed E-state index contributed by atoms with van der Waals surface area (Å²) in [5, 5.41) is 11.2. The second-order valence-corrected chi connectivity index (χ2v) is 7.21. The molecule has 0 N–H and O–H groups in total. The van der Waals surface area contributed by atoms with E-state index in [9.17, 15) is 13.2 Å². The molecule has 3 heterocycles. The standard InChI is InChI=1S/C16H23F3N6/c1-10-11(2)13(24-8-6-15(3,7-9-24)23(4)5)22-25-12(10)20-21-14(25)16(17,18)19/h6-9H2,1-5H3. The number of aryl methyl sites for hydroxylation is 1. The van der Waals surface area contributed by atoms with Gasteiger partial charge < -0.3 is 9.80 Å². The van der Waals surface area contributed by atoms with Gasteiger partial charge >= 0.3 is 6.18 Å². The maximum Gasteiger partial charge on any atom is 0.453 e. The average molecular weight is 356 g/mol. The Labute approximate surface area is 144 Å². The van der Waals surface area contributed by atoms with Crippen molar-refractivity contribution in [2.24, 2.45) is 0 Å². The van der Waals surface area contributed by atoms with Gasteiger partial charge in [0, 0.05) is 29.8 Å². The third-order valence-corrected chi connectivity index (χ3v) is 5.54. The molecule has 0 unspecified atom stereocenters. The lowest BCUT2D eigenvalue weighted by Gasteiger charge is -2.44. The van der Waals surface area contributed by atoms with Crippen LogP contribution >= 0.6 is 0 Å². The van der Waals surface area contributed by atoms with Gasteiger partial charge in [-0.25, -0.2) is 0 Å². The van der Waals surface area contributed by atoms with Gasteiger partial charge in [-0.3, -0.25) is 0 Å². The normalized spacial score (nSPS) is 18.4. The summed E-state index contributed by atoms with van der Waals surface area (Å²) in [6.07, 6.45) is -2.74. The van der Waals surface area contributed by atoms with Crippen LogP contribution in [0, 0.1) is 13.8 Å². The molecule has 0 spiro atoms. The van der Waals surface area contributed by atoms with Crippen molar-refractivity contribution in [1.82, 2.24) is 24.7 Å². The number of aromatic nitrogens is 4. The molecule has 2 aromatic rings. The molecule has 0 radical (unpaired) electrons. The van der Waals surface area contributed by atoms with E-state index in [0.29, 0.717) is 11.4 Å². The molecule has 0 amide bonds. The van der Waals surface area contributed by atoms with E-state index in [2.05, 4.69) is 46.1 Å². The molecule has 3 rings (SSSR count). The SMILES string of the molecule is Cc1c(N2CCC(C)(N(C)C)CC2)nn2c(C(F)(F)F)nnc2c1C. The first-order chi connectivity index (χ1) is 11.5. The molecule has 1 aliphatic heterocycles. The van der Waals surface area contributed by atoms with E-state index < -0.39 is 12.0 Å². The number of hydrogen-bond acceptors (Lipinski definition) is 5. The summed E-state index contributed by atoms with van der Waals surface area (Å²) < 4.78 is 40.3. The van der Waals surface area contributed by atoms with E-state index in [1.807, 2.05) is 6.92 Å². The van der Waals surface area contributed by atoms with E-state index in [-0.39, 0.29) is 11.2 Å². The van der Waals surface area contributed by atoms with Crippen molar-refractivity contribution in [3.05, 3.63) is 17.0 Å². The molecule has 0 aliphatic carbocycles. The molecule has 1 fully saturated rings. The quantitative estimate of drug-likeness (QED) is 0.828. The van der Waals surface area contributed by atoms with E-state index >= 15 is 0 Å². The van der Waals surface area contributed by atoms with Crippen LogP contribution < -0.4 is 4.90 Å². The summed E-state index contributed by atoms with van der Waals surface area (Å²) >= 11 is 0. The maximum absolute atomic E-state index is 13.2.